The lowest BCUT2D eigenvalue weighted by Crippen LogP contribution is -2.49. The van der Waals surface area contributed by atoms with Crippen LogP contribution in [-0.4, -0.2) is 41.1 Å². The molecule has 0 N–H and O–H groups in total. The van der Waals surface area contributed by atoms with E-state index in [0.717, 1.165) is 16.9 Å². The summed E-state index contributed by atoms with van der Waals surface area (Å²) in [7, 11) is 0. The summed E-state index contributed by atoms with van der Waals surface area (Å²) in [5.74, 6) is -1.62. The number of carbonyl (C=O) groups is 4. The van der Waals surface area contributed by atoms with Gasteiger partial charge in [0, 0.05) is 6.04 Å². The molecule has 3 aromatic carbocycles. The Morgan fingerprint density at radius 3 is 2.03 bits per heavy atom. The maximum atomic E-state index is 13.9. The number of hydrogen-bond acceptors (Lipinski definition) is 4. The number of fused-ring (bicyclic) bond motifs is 3. The SMILES string of the molecule is O=C1c2ccccc2C(=O)N1CC(=O)N1c2ccccc2N(Cc2ccccc2)C(=O)[C@H]2CCC[C@H]21. The Bertz CT molecular complexity index is 1350. The molecule has 3 aliphatic rings. The van der Waals surface area contributed by atoms with Gasteiger partial charge in [-0.05, 0) is 42.7 Å². The van der Waals surface area contributed by atoms with Crippen molar-refractivity contribution in [3.8, 4) is 0 Å². The number of carbonyl (C=O) groups excluding carboxylic acids is 4. The van der Waals surface area contributed by atoms with Crippen molar-refractivity contribution in [3.05, 3.63) is 95.6 Å². The van der Waals surface area contributed by atoms with Crippen molar-refractivity contribution in [2.75, 3.05) is 16.3 Å². The Labute approximate surface area is 208 Å². The fraction of sp³-hybridized carbons (Fsp3) is 0.241. The molecule has 180 valence electrons. The van der Waals surface area contributed by atoms with Gasteiger partial charge in [-0.3, -0.25) is 24.1 Å². The van der Waals surface area contributed by atoms with Crippen molar-refractivity contribution in [2.45, 2.75) is 31.8 Å². The van der Waals surface area contributed by atoms with Gasteiger partial charge in [0.2, 0.25) is 11.8 Å². The number of anilines is 2. The van der Waals surface area contributed by atoms with Crippen LogP contribution >= 0.6 is 0 Å². The molecule has 1 aliphatic carbocycles. The first-order valence-electron chi connectivity index (χ1n) is 12.3. The molecule has 0 spiro atoms. The molecule has 2 heterocycles. The van der Waals surface area contributed by atoms with Crippen molar-refractivity contribution in [2.24, 2.45) is 5.92 Å². The first-order chi connectivity index (χ1) is 17.5. The zero-order valence-electron chi connectivity index (χ0n) is 19.7. The molecule has 36 heavy (non-hydrogen) atoms. The molecule has 1 fully saturated rings. The predicted molar refractivity (Wildman–Crippen MR) is 134 cm³/mol. The fourth-order valence-corrected chi connectivity index (χ4v) is 5.77. The van der Waals surface area contributed by atoms with Crippen molar-refractivity contribution in [1.82, 2.24) is 4.90 Å². The van der Waals surface area contributed by atoms with Crippen LogP contribution in [0.3, 0.4) is 0 Å². The number of para-hydroxylation sites is 2. The molecule has 0 bridgehead atoms. The third-order valence-electron chi connectivity index (χ3n) is 7.45. The molecule has 0 aromatic heterocycles. The van der Waals surface area contributed by atoms with Gasteiger partial charge in [0.25, 0.3) is 11.8 Å². The Kier molecular flexibility index (Phi) is 5.40. The van der Waals surface area contributed by atoms with E-state index in [-0.39, 0.29) is 30.3 Å². The van der Waals surface area contributed by atoms with Gasteiger partial charge in [-0.15, -0.1) is 0 Å². The lowest BCUT2D eigenvalue weighted by atomic mass is 10.0. The minimum absolute atomic E-state index is 0.00448. The number of rotatable bonds is 4. The number of imide groups is 1. The van der Waals surface area contributed by atoms with E-state index >= 15 is 0 Å². The number of hydrogen-bond donors (Lipinski definition) is 0. The molecule has 0 unspecified atom stereocenters. The Hall–Kier alpha value is -4.26. The van der Waals surface area contributed by atoms with Gasteiger partial charge < -0.3 is 9.80 Å². The van der Waals surface area contributed by atoms with Crippen molar-refractivity contribution in [3.63, 3.8) is 0 Å². The van der Waals surface area contributed by atoms with Gasteiger partial charge in [-0.2, -0.15) is 0 Å². The molecule has 2 aliphatic heterocycles. The second-order valence-corrected chi connectivity index (χ2v) is 9.51. The summed E-state index contributed by atoms with van der Waals surface area (Å²) in [6.07, 6.45) is 2.22. The molecule has 0 radical (unpaired) electrons. The van der Waals surface area contributed by atoms with E-state index in [0.29, 0.717) is 41.9 Å². The highest BCUT2D eigenvalue weighted by atomic mass is 16.2. The lowest BCUT2D eigenvalue weighted by Gasteiger charge is -2.31. The third kappa shape index (κ3) is 3.50. The Morgan fingerprint density at radius 1 is 0.722 bits per heavy atom. The molecule has 4 amide bonds. The normalized spacial score (nSPS) is 20.8. The zero-order chi connectivity index (χ0) is 24.8. The lowest BCUT2D eigenvalue weighted by molar-refractivity contribution is -0.123. The maximum Gasteiger partial charge on any atom is 0.262 e. The minimum atomic E-state index is -0.461. The average molecular weight is 480 g/mol. The molecule has 3 aromatic rings. The summed E-state index contributed by atoms with van der Waals surface area (Å²) in [5.41, 5.74) is 2.93. The van der Waals surface area contributed by atoms with Gasteiger partial charge in [0.05, 0.1) is 35.0 Å². The van der Waals surface area contributed by atoms with Crippen LogP contribution in [0.4, 0.5) is 11.4 Å². The van der Waals surface area contributed by atoms with E-state index in [9.17, 15) is 19.2 Å². The van der Waals surface area contributed by atoms with Crippen molar-refractivity contribution >= 4 is 35.0 Å². The van der Waals surface area contributed by atoms with Gasteiger partial charge in [-0.25, -0.2) is 0 Å². The zero-order valence-corrected chi connectivity index (χ0v) is 19.7. The van der Waals surface area contributed by atoms with Crippen LogP contribution in [0.15, 0.2) is 78.9 Å². The third-order valence-corrected chi connectivity index (χ3v) is 7.45. The van der Waals surface area contributed by atoms with Gasteiger partial charge in [0.1, 0.15) is 6.54 Å². The monoisotopic (exact) mass is 479 g/mol. The second kappa shape index (κ2) is 8.75. The van der Waals surface area contributed by atoms with E-state index in [1.54, 1.807) is 34.1 Å². The quantitative estimate of drug-likeness (QED) is 0.530. The fourth-order valence-electron chi connectivity index (χ4n) is 5.77. The highest BCUT2D eigenvalue weighted by molar-refractivity contribution is 6.23. The Balaban J connectivity index is 1.37. The summed E-state index contributed by atoms with van der Waals surface area (Å²) >= 11 is 0. The maximum absolute atomic E-state index is 13.9. The first kappa shape index (κ1) is 22.2. The number of benzene rings is 3. The summed E-state index contributed by atoms with van der Waals surface area (Å²) in [5, 5.41) is 0. The van der Waals surface area contributed by atoms with Gasteiger partial charge in [-0.1, -0.05) is 61.0 Å². The highest BCUT2D eigenvalue weighted by Crippen LogP contribution is 2.43. The minimum Gasteiger partial charge on any atom is -0.306 e. The molecular weight excluding hydrogens is 454 g/mol. The highest BCUT2D eigenvalue weighted by Gasteiger charge is 2.46. The molecule has 0 saturated heterocycles. The van der Waals surface area contributed by atoms with E-state index < -0.39 is 11.8 Å². The van der Waals surface area contributed by atoms with Crippen LogP contribution in [0.25, 0.3) is 0 Å². The van der Waals surface area contributed by atoms with Crippen molar-refractivity contribution in [1.29, 1.82) is 0 Å². The predicted octanol–water partition coefficient (Wildman–Crippen LogP) is 4.03. The molecule has 6 rings (SSSR count). The van der Waals surface area contributed by atoms with E-state index in [1.165, 1.54) is 0 Å². The van der Waals surface area contributed by atoms with Crippen LogP contribution in [0, 0.1) is 5.92 Å². The van der Waals surface area contributed by atoms with Gasteiger partial charge in [0.15, 0.2) is 0 Å². The second-order valence-electron chi connectivity index (χ2n) is 9.51. The van der Waals surface area contributed by atoms with Gasteiger partial charge >= 0.3 is 0 Å². The summed E-state index contributed by atoms with van der Waals surface area (Å²) in [6.45, 7) is 0.0388. The summed E-state index contributed by atoms with van der Waals surface area (Å²) < 4.78 is 0. The topological polar surface area (TPSA) is 78.0 Å². The molecule has 1 saturated carbocycles. The largest absolute Gasteiger partial charge is 0.306 e. The van der Waals surface area contributed by atoms with Crippen LogP contribution in [0.1, 0.15) is 45.5 Å². The van der Waals surface area contributed by atoms with Crippen molar-refractivity contribution < 1.29 is 19.2 Å². The van der Waals surface area contributed by atoms with E-state index in [1.807, 2.05) is 54.6 Å². The molecule has 2 atom stereocenters. The summed E-state index contributed by atoms with van der Waals surface area (Å²) in [4.78, 5) is 58.1. The van der Waals surface area contributed by atoms with Crippen LogP contribution in [-0.2, 0) is 16.1 Å². The number of nitrogens with zero attached hydrogens (tertiary/aromatic N) is 3. The number of amides is 4. The van der Waals surface area contributed by atoms with E-state index in [4.69, 9.17) is 0 Å². The van der Waals surface area contributed by atoms with Crippen LogP contribution in [0.2, 0.25) is 0 Å². The van der Waals surface area contributed by atoms with Crippen LogP contribution < -0.4 is 9.80 Å². The smallest absolute Gasteiger partial charge is 0.262 e. The molecule has 7 nitrogen and oxygen atoms in total. The standard InChI is InChI=1S/C29H25N3O4/c33-26(18-31-27(34)20-11-4-5-12-21(20)28(31)35)32-23-16-8-13-22(23)29(36)30(17-19-9-2-1-3-10-19)24-14-6-7-15-25(24)32/h1-7,9-12,14-15,22-23H,8,13,16-18H2/t22-,23+/m0/s1. The average Bonchev–Trinajstić information content (AvgIpc) is 3.45. The molecule has 7 heteroatoms. The summed E-state index contributed by atoms with van der Waals surface area (Å²) in [6, 6.07) is 23.5. The first-order valence-corrected chi connectivity index (χ1v) is 12.3. The van der Waals surface area contributed by atoms with E-state index in [2.05, 4.69) is 0 Å². The van der Waals surface area contributed by atoms with Crippen LogP contribution in [0.5, 0.6) is 0 Å². The Morgan fingerprint density at radius 2 is 1.33 bits per heavy atom. The molecular formula is C29H25N3O4.